The molecule has 0 saturated carbocycles. The average molecular weight is 518 g/mol. The summed E-state index contributed by atoms with van der Waals surface area (Å²) in [7, 11) is 0. The molecule has 3 amide bonds. The maximum atomic E-state index is 14.5. The van der Waals surface area contributed by atoms with Gasteiger partial charge in [0.2, 0.25) is 11.8 Å². The fourth-order valence-electron chi connectivity index (χ4n) is 4.33. The average Bonchev–Trinajstić information content (AvgIpc) is 2.79. The lowest BCUT2D eigenvalue weighted by molar-refractivity contribution is -0.150. The molecule has 0 saturated heterocycles. The molecule has 1 aromatic carbocycles. The van der Waals surface area contributed by atoms with Crippen molar-refractivity contribution in [3.8, 4) is 0 Å². The summed E-state index contributed by atoms with van der Waals surface area (Å²) in [5.74, 6) is -0.664. The van der Waals surface area contributed by atoms with Crippen LogP contribution >= 0.6 is 0 Å². The molecule has 0 heterocycles. The molecule has 7 heteroatoms. The molecule has 2 N–H and O–H groups in total. The van der Waals surface area contributed by atoms with Crippen molar-refractivity contribution in [1.82, 2.24) is 15.5 Å². The summed E-state index contributed by atoms with van der Waals surface area (Å²) >= 11 is 0. The van der Waals surface area contributed by atoms with Crippen molar-refractivity contribution in [2.45, 2.75) is 125 Å². The van der Waals surface area contributed by atoms with Crippen LogP contribution in [-0.2, 0) is 14.3 Å². The van der Waals surface area contributed by atoms with E-state index in [1.54, 1.807) is 25.7 Å². The number of amides is 3. The topological polar surface area (TPSA) is 87.7 Å². The molecule has 7 nitrogen and oxygen atoms in total. The van der Waals surface area contributed by atoms with Crippen LogP contribution < -0.4 is 10.6 Å². The van der Waals surface area contributed by atoms with E-state index in [1.807, 2.05) is 66.7 Å². The van der Waals surface area contributed by atoms with Crippen molar-refractivity contribution >= 4 is 17.9 Å². The molecule has 3 unspecified atom stereocenters. The molecule has 1 rings (SSSR count). The van der Waals surface area contributed by atoms with Gasteiger partial charge in [0.05, 0.1) is 0 Å². The predicted octanol–water partition coefficient (Wildman–Crippen LogP) is 6.22. The van der Waals surface area contributed by atoms with E-state index in [0.29, 0.717) is 19.4 Å². The summed E-state index contributed by atoms with van der Waals surface area (Å²) in [5.41, 5.74) is 1.35. The highest BCUT2D eigenvalue weighted by Crippen LogP contribution is 2.36. The molecule has 0 spiro atoms. The Hall–Kier alpha value is -2.57. The first-order valence-electron chi connectivity index (χ1n) is 13.8. The van der Waals surface area contributed by atoms with Crippen LogP contribution in [0.3, 0.4) is 0 Å². The monoisotopic (exact) mass is 517 g/mol. The van der Waals surface area contributed by atoms with E-state index in [2.05, 4.69) is 17.6 Å². The third-order valence-electron chi connectivity index (χ3n) is 7.06. The Morgan fingerprint density at radius 1 is 1.00 bits per heavy atom. The van der Waals surface area contributed by atoms with Crippen LogP contribution in [-0.4, -0.2) is 46.5 Å². The Kier molecular flexibility index (Phi) is 12.1. The van der Waals surface area contributed by atoms with E-state index >= 15 is 0 Å². The van der Waals surface area contributed by atoms with Gasteiger partial charge >= 0.3 is 6.09 Å². The van der Waals surface area contributed by atoms with Crippen molar-refractivity contribution in [2.24, 2.45) is 5.92 Å². The Labute approximate surface area is 225 Å². The second-order valence-electron chi connectivity index (χ2n) is 11.7. The molecule has 0 radical (unpaired) electrons. The van der Waals surface area contributed by atoms with Crippen LogP contribution in [0, 0.1) is 19.8 Å². The van der Waals surface area contributed by atoms with E-state index < -0.39 is 29.3 Å². The van der Waals surface area contributed by atoms with Gasteiger partial charge in [-0.05, 0) is 83.9 Å². The number of nitrogens with one attached hydrogen (secondary N) is 2. The van der Waals surface area contributed by atoms with Gasteiger partial charge in [-0.1, -0.05) is 58.7 Å². The number of alkyl carbamates (subject to hydrolysis) is 1. The summed E-state index contributed by atoms with van der Waals surface area (Å²) in [6, 6.07) is 4.22. The van der Waals surface area contributed by atoms with Gasteiger partial charge in [0.1, 0.15) is 17.7 Å². The molecule has 0 aliphatic carbocycles. The minimum Gasteiger partial charge on any atom is -0.444 e. The third kappa shape index (κ3) is 9.04. The summed E-state index contributed by atoms with van der Waals surface area (Å²) in [6.45, 7) is 21.8. The largest absolute Gasteiger partial charge is 0.444 e. The normalized spacial score (nSPS) is 14.4. The predicted molar refractivity (Wildman–Crippen MR) is 150 cm³/mol. The first kappa shape index (κ1) is 32.5. The Balaban J connectivity index is 3.73. The molecule has 0 aliphatic rings. The van der Waals surface area contributed by atoms with E-state index in [9.17, 15) is 14.4 Å². The molecule has 3 atom stereocenters. The number of rotatable bonds is 12. The highest BCUT2D eigenvalue weighted by Gasteiger charge is 2.44. The van der Waals surface area contributed by atoms with Crippen LogP contribution in [0.4, 0.5) is 4.79 Å². The van der Waals surface area contributed by atoms with E-state index in [1.165, 1.54) is 0 Å². The van der Waals surface area contributed by atoms with Crippen LogP contribution in [0.15, 0.2) is 18.2 Å². The van der Waals surface area contributed by atoms with Gasteiger partial charge < -0.3 is 20.3 Å². The molecule has 0 aromatic heterocycles. The van der Waals surface area contributed by atoms with E-state index in [-0.39, 0.29) is 17.7 Å². The summed E-state index contributed by atoms with van der Waals surface area (Å²) in [6.07, 6.45) is 2.46. The maximum Gasteiger partial charge on any atom is 0.408 e. The second-order valence-corrected chi connectivity index (χ2v) is 11.7. The Morgan fingerprint density at radius 3 is 2.03 bits per heavy atom. The van der Waals surface area contributed by atoms with Crippen LogP contribution in [0.1, 0.15) is 111 Å². The summed E-state index contributed by atoms with van der Waals surface area (Å²) < 4.78 is 5.50. The number of aryl methyl sites for hydroxylation is 2. The SMILES string of the molecule is CCCCNC(=O)C(c1c(C)cccc1C)N(C(=O)C(NC(=O)OC(C)(C)C)C(C)CC)C(C)(C)CC. The van der Waals surface area contributed by atoms with Gasteiger partial charge in [-0.15, -0.1) is 0 Å². The molecule has 0 fully saturated rings. The van der Waals surface area contributed by atoms with Crippen LogP contribution in [0.25, 0.3) is 0 Å². The zero-order chi connectivity index (χ0) is 28.6. The third-order valence-corrected chi connectivity index (χ3v) is 7.06. The zero-order valence-electron chi connectivity index (χ0n) is 25.1. The van der Waals surface area contributed by atoms with Crippen molar-refractivity contribution in [3.63, 3.8) is 0 Å². The molecular formula is C30H51N3O4. The smallest absolute Gasteiger partial charge is 0.408 e. The van der Waals surface area contributed by atoms with Crippen molar-refractivity contribution in [1.29, 1.82) is 0 Å². The molecular weight excluding hydrogens is 466 g/mol. The quantitative estimate of drug-likeness (QED) is 0.322. The number of unbranched alkanes of at least 4 members (excludes halogenated alkanes) is 1. The van der Waals surface area contributed by atoms with Crippen molar-refractivity contribution in [3.05, 3.63) is 34.9 Å². The molecule has 0 bridgehead atoms. The van der Waals surface area contributed by atoms with Crippen molar-refractivity contribution < 1.29 is 19.1 Å². The minimum absolute atomic E-state index is 0.169. The number of nitrogens with zero attached hydrogens (tertiary/aromatic N) is 1. The van der Waals surface area contributed by atoms with Gasteiger partial charge in [-0.2, -0.15) is 0 Å². The van der Waals surface area contributed by atoms with Gasteiger partial charge in [0.15, 0.2) is 0 Å². The lowest BCUT2D eigenvalue weighted by Crippen LogP contribution is -2.61. The van der Waals surface area contributed by atoms with Crippen molar-refractivity contribution in [2.75, 3.05) is 6.54 Å². The van der Waals surface area contributed by atoms with Crippen LogP contribution in [0.2, 0.25) is 0 Å². The number of benzene rings is 1. The lowest BCUT2D eigenvalue weighted by atomic mass is 9.87. The summed E-state index contributed by atoms with van der Waals surface area (Å²) in [4.78, 5) is 42.9. The molecule has 0 aliphatic heterocycles. The molecule has 37 heavy (non-hydrogen) atoms. The Bertz CT molecular complexity index is 900. The number of carbonyl (C=O) groups is 3. The lowest BCUT2D eigenvalue weighted by Gasteiger charge is -2.46. The number of hydrogen-bond acceptors (Lipinski definition) is 4. The fourth-order valence-corrected chi connectivity index (χ4v) is 4.33. The molecule has 1 aromatic rings. The minimum atomic E-state index is -0.846. The van der Waals surface area contributed by atoms with Gasteiger partial charge in [-0.25, -0.2) is 4.79 Å². The maximum absolute atomic E-state index is 14.5. The standard InChI is InChI=1S/C30H51N3O4/c1-12-15-19-31-26(34)25(23-21(5)17-16-18-22(23)6)33(30(10,11)14-3)27(35)24(20(4)13-2)32-28(36)37-29(7,8)9/h16-18,20,24-25H,12-15,19H2,1-11H3,(H,31,34)(H,32,36). The molecule has 210 valence electrons. The first-order chi connectivity index (χ1) is 17.1. The van der Waals surface area contributed by atoms with Crippen LogP contribution in [0.5, 0.6) is 0 Å². The summed E-state index contributed by atoms with van der Waals surface area (Å²) in [5, 5.41) is 5.92. The van der Waals surface area contributed by atoms with Gasteiger partial charge in [0.25, 0.3) is 0 Å². The number of hydrogen-bond donors (Lipinski definition) is 2. The zero-order valence-corrected chi connectivity index (χ0v) is 25.1. The number of ether oxygens (including phenoxy) is 1. The Morgan fingerprint density at radius 2 is 1.57 bits per heavy atom. The van der Waals surface area contributed by atoms with E-state index in [4.69, 9.17) is 4.74 Å². The highest BCUT2D eigenvalue weighted by atomic mass is 16.6. The van der Waals surface area contributed by atoms with Gasteiger partial charge in [-0.3, -0.25) is 9.59 Å². The second kappa shape index (κ2) is 13.8. The highest BCUT2D eigenvalue weighted by molar-refractivity contribution is 5.93. The first-order valence-corrected chi connectivity index (χ1v) is 13.8. The fraction of sp³-hybridized carbons (Fsp3) is 0.700. The number of carbonyl (C=O) groups excluding carboxylic acids is 3. The van der Waals surface area contributed by atoms with E-state index in [0.717, 1.165) is 29.5 Å². The van der Waals surface area contributed by atoms with Gasteiger partial charge in [0, 0.05) is 12.1 Å².